The van der Waals surface area contributed by atoms with Crippen molar-refractivity contribution in [1.82, 2.24) is 10.1 Å². The van der Waals surface area contributed by atoms with E-state index in [4.69, 9.17) is 4.52 Å². The summed E-state index contributed by atoms with van der Waals surface area (Å²) in [7, 11) is 0. The molecule has 0 unspecified atom stereocenters. The van der Waals surface area contributed by atoms with Gasteiger partial charge >= 0.3 is 0 Å². The average Bonchev–Trinajstić information content (AvgIpc) is 3.10. The van der Waals surface area contributed by atoms with E-state index in [0.29, 0.717) is 18.1 Å². The first kappa shape index (κ1) is 17.9. The standard InChI is InChI=1S/C21H29FN2O2/c22-17-4-5-18-19(14-17)26-23-20(18)16-6-11-24(12-7-16)13-10-21(15-25)8-2-1-3-9-21/h4-5,14,16,25H,1-3,6-13,15H2. The Labute approximate surface area is 154 Å². The molecule has 1 aliphatic carbocycles. The van der Waals surface area contributed by atoms with Crippen molar-refractivity contribution in [3.05, 3.63) is 29.7 Å². The molecule has 4 nitrogen and oxygen atoms in total. The molecule has 1 aromatic carbocycles. The molecule has 0 amide bonds. The minimum Gasteiger partial charge on any atom is -0.396 e. The van der Waals surface area contributed by atoms with Crippen LogP contribution in [0.15, 0.2) is 22.7 Å². The van der Waals surface area contributed by atoms with Gasteiger partial charge in [0.25, 0.3) is 0 Å². The van der Waals surface area contributed by atoms with Gasteiger partial charge in [-0.05, 0) is 69.3 Å². The highest BCUT2D eigenvalue weighted by molar-refractivity contribution is 5.79. The molecule has 0 atom stereocenters. The fourth-order valence-corrected chi connectivity index (χ4v) is 4.84. The van der Waals surface area contributed by atoms with Crippen LogP contribution in [0, 0.1) is 11.2 Å². The van der Waals surface area contributed by atoms with E-state index in [1.54, 1.807) is 6.07 Å². The lowest BCUT2D eigenvalue weighted by Gasteiger charge is -2.39. The van der Waals surface area contributed by atoms with Crippen LogP contribution in [-0.2, 0) is 0 Å². The van der Waals surface area contributed by atoms with Gasteiger partial charge in [0.15, 0.2) is 5.58 Å². The van der Waals surface area contributed by atoms with E-state index in [0.717, 1.165) is 50.0 Å². The normalized spacial score (nSPS) is 22.1. The molecule has 5 heteroatoms. The van der Waals surface area contributed by atoms with Gasteiger partial charge in [-0.3, -0.25) is 0 Å². The van der Waals surface area contributed by atoms with Crippen molar-refractivity contribution < 1.29 is 14.0 Å². The van der Waals surface area contributed by atoms with Gasteiger partial charge in [0.05, 0.1) is 5.69 Å². The lowest BCUT2D eigenvalue weighted by molar-refractivity contribution is 0.0572. The molecule has 0 spiro atoms. The van der Waals surface area contributed by atoms with E-state index in [-0.39, 0.29) is 11.2 Å². The zero-order valence-corrected chi connectivity index (χ0v) is 15.4. The first-order valence-electron chi connectivity index (χ1n) is 10.1. The van der Waals surface area contributed by atoms with Crippen LogP contribution in [0.4, 0.5) is 4.39 Å². The van der Waals surface area contributed by atoms with Gasteiger partial charge in [-0.25, -0.2) is 4.39 Å². The summed E-state index contributed by atoms with van der Waals surface area (Å²) in [5, 5.41) is 15.1. The van der Waals surface area contributed by atoms with Crippen LogP contribution in [0.5, 0.6) is 0 Å². The molecule has 1 saturated carbocycles. The summed E-state index contributed by atoms with van der Waals surface area (Å²) in [6, 6.07) is 4.69. The van der Waals surface area contributed by atoms with Gasteiger partial charge < -0.3 is 14.5 Å². The molecular weight excluding hydrogens is 331 g/mol. The van der Waals surface area contributed by atoms with Crippen LogP contribution in [0.2, 0.25) is 0 Å². The third-order valence-corrected chi connectivity index (χ3v) is 6.64. The summed E-state index contributed by atoms with van der Waals surface area (Å²) < 4.78 is 18.7. The highest BCUT2D eigenvalue weighted by Gasteiger charge is 2.32. The first-order valence-corrected chi connectivity index (χ1v) is 10.1. The van der Waals surface area contributed by atoms with Crippen LogP contribution >= 0.6 is 0 Å². The van der Waals surface area contributed by atoms with E-state index < -0.39 is 0 Å². The quantitative estimate of drug-likeness (QED) is 0.854. The maximum absolute atomic E-state index is 13.3. The molecule has 2 heterocycles. The molecule has 2 fully saturated rings. The van der Waals surface area contributed by atoms with Crippen molar-refractivity contribution in [3.63, 3.8) is 0 Å². The Morgan fingerprint density at radius 1 is 1.19 bits per heavy atom. The second-order valence-electron chi connectivity index (χ2n) is 8.29. The summed E-state index contributed by atoms with van der Waals surface area (Å²) in [6.45, 7) is 3.53. The van der Waals surface area contributed by atoms with Gasteiger partial charge in [0.1, 0.15) is 5.82 Å². The van der Waals surface area contributed by atoms with Crippen LogP contribution < -0.4 is 0 Å². The molecule has 0 radical (unpaired) electrons. The van der Waals surface area contributed by atoms with Gasteiger partial charge in [-0.2, -0.15) is 0 Å². The van der Waals surface area contributed by atoms with Crippen molar-refractivity contribution in [3.8, 4) is 0 Å². The Balaban J connectivity index is 1.33. The Hall–Kier alpha value is -1.46. The Kier molecular flexibility index (Phi) is 5.28. The van der Waals surface area contributed by atoms with Crippen molar-refractivity contribution in [2.75, 3.05) is 26.2 Å². The fraction of sp³-hybridized carbons (Fsp3) is 0.667. The number of nitrogens with zero attached hydrogens (tertiary/aromatic N) is 2. The number of piperidine rings is 1. The van der Waals surface area contributed by atoms with Crippen molar-refractivity contribution in [2.45, 2.75) is 57.3 Å². The number of benzene rings is 1. The van der Waals surface area contributed by atoms with Crippen LogP contribution in [-0.4, -0.2) is 41.4 Å². The van der Waals surface area contributed by atoms with E-state index in [1.165, 1.54) is 44.2 Å². The molecule has 2 aromatic rings. The number of hydrogen-bond acceptors (Lipinski definition) is 4. The number of halogens is 1. The number of aliphatic hydroxyl groups is 1. The highest BCUT2D eigenvalue weighted by Crippen LogP contribution is 2.39. The Morgan fingerprint density at radius 3 is 2.69 bits per heavy atom. The van der Waals surface area contributed by atoms with Crippen LogP contribution in [0.25, 0.3) is 11.0 Å². The van der Waals surface area contributed by atoms with Crippen LogP contribution in [0.1, 0.15) is 63.0 Å². The Morgan fingerprint density at radius 2 is 1.96 bits per heavy atom. The van der Waals surface area contributed by atoms with Crippen molar-refractivity contribution in [2.24, 2.45) is 5.41 Å². The minimum absolute atomic E-state index is 0.168. The zero-order valence-electron chi connectivity index (χ0n) is 15.4. The molecule has 1 N–H and O–H groups in total. The molecule has 142 valence electrons. The third-order valence-electron chi connectivity index (χ3n) is 6.64. The Bertz CT molecular complexity index is 731. The third kappa shape index (κ3) is 3.65. The summed E-state index contributed by atoms with van der Waals surface area (Å²) in [6.07, 6.45) is 9.45. The summed E-state index contributed by atoms with van der Waals surface area (Å²) >= 11 is 0. The SMILES string of the molecule is OCC1(CCN2CCC(c3noc4cc(F)ccc34)CC2)CCCCC1. The molecular formula is C21H29FN2O2. The molecule has 4 rings (SSSR count). The van der Waals surface area contributed by atoms with Gasteiger partial charge in [-0.1, -0.05) is 24.4 Å². The maximum Gasteiger partial charge on any atom is 0.170 e. The highest BCUT2D eigenvalue weighted by atomic mass is 19.1. The molecule has 1 saturated heterocycles. The van der Waals surface area contributed by atoms with Crippen LogP contribution in [0.3, 0.4) is 0 Å². The number of hydrogen-bond donors (Lipinski definition) is 1. The number of aromatic nitrogens is 1. The smallest absolute Gasteiger partial charge is 0.170 e. The van der Waals surface area contributed by atoms with E-state index >= 15 is 0 Å². The van der Waals surface area contributed by atoms with E-state index in [2.05, 4.69) is 10.1 Å². The zero-order chi connectivity index (χ0) is 18.0. The second kappa shape index (κ2) is 7.65. The van der Waals surface area contributed by atoms with Crippen molar-refractivity contribution >= 4 is 11.0 Å². The number of fused-ring (bicyclic) bond motifs is 1. The van der Waals surface area contributed by atoms with E-state index in [9.17, 15) is 9.50 Å². The lowest BCUT2D eigenvalue weighted by atomic mass is 9.72. The summed E-state index contributed by atoms with van der Waals surface area (Å²) in [5.41, 5.74) is 1.70. The molecule has 2 aliphatic rings. The molecule has 26 heavy (non-hydrogen) atoms. The fourth-order valence-electron chi connectivity index (χ4n) is 4.84. The second-order valence-corrected chi connectivity index (χ2v) is 8.29. The van der Waals surface area contributed by atoms with Crippen molar-refractivity contribution in [1.29, 1.82) is 0 Å². The minimum atomic E-state index is -0.282. The van der Waals surface area contributed by atoms with Gasteiger partial charge in [0.2, 0.25) is 0 Å². The molecule has 0 bridgehead atoms. The van der Waals surface area contributed by atoms with Gasteiger partial charge in [-0.15, -0.1) is 0 Å². The lowest BCUT2D eigenvalue weighted by Crippen LogP contribution is -2.38. The average molecular weight is 360 g/mol. The predicted octanol–water partition coefficient (Wildman–Crippen LogP) is 4.48. The largest absolute Gasteiger partial charge is 0.396 e. The summed E-state index contributed by atoms with van der Waals surface area (Å²) in [4.78, 5) is 2.53. The number of rotatable bonds is 5. The summed E-state index contributed by atoms with van der Waals surface area (Å²) in [5.74, 6) is 0.106. The molecule has 1 aromatic heterocycles. The monoisotopic (exact) mass is 360 g/mol. The first-order chi connectivity index (χ1) is 12.7. The van der Waals surface area contributed by atoms with E-state index in [1.807, 2.05) is 0 Å². The number of aliphatic hydroxyl groups excluding tert-OH is 1. The maximum atomic E-state index is 13.3. The van der Waals surface area contributed by atoms with Gasteiger partial charge in [0, 0.05) is 24.0 Å². The topological polar surface area (TPSA) is 49.5 Å². The number of likely N-dealkylation sites (tertiary alicyclic amines) is 1. The molecule has 1 aliphatic heterocycles. The predicted molar refractivity (Wildman–Crippen MR) is 99.6 cm³/mol.